The van der Waals surface area contributed by atoms with Crippen LogP contribution in [-0.2, 0) is 9.47 Å². The zero-order chi connectivity index (χ0) is 10.4. The van der Waals surface area contributed by atoms with Crippen LogP contribution >= 0.6 is 0 Å². The third-order valence-corrected chi connectivity index (χ3v) is 3.03. The molecule has 0 bridgehead atoms. The SMILES string of the molecule is CC.COCC12CCCN1CCOC2. The number of hydrogen-bond donors (Lipinski definition) is 0. The standard InChI is InChI=1S/C9H17NO2.C2H6/c1-11-7-9-3-2-4-10(9)5-6-12-8-9;1-2/h2-8H2,1H3;1-2H3. The van der Waals surface area contributed by atoms with Crippen LogP contribution in [0.4, 0.5) is 0 Å². The smallest absolute Gasteiger partial charge is 0.0679 e. The summed E-state index contributed by atoms with van der Waals surface area (Å²) in [5, 5.41) is 0. The molecule has 3 nitrogen and oxygen atoms in total. The predicted octanol–water partition coefficient (Wildman–Crippen LogP) is 1.52. The summed E-state index contributed by atoms with van der Waals surface area (Å²) in [5.41, 5.74) is 0.229. The molecule has 2 fully saturated rings. The molecular weight excluding hydrogens is 178 g/mol. The van der Waals surface area contributed by atoms with E-state index in [1.807, 2.05) is 13.8 Å². The first-order valence-electron chi connectivity index (χ1n) is 5.69. The fourth-order valence-electron chi connectivity index (χ4n) is 2.42. The van der Waals surface area contributed by atoms with Gasteiger partial charge >= 0.3 is 0 Å². The topological polar surface area (TPSA) is 21.7 Å². The zero-order valence-corrected chi connectivity index (χ0v) is 9.71. The second-order valence-electron chi connectivity index (χ2n) is 3.80. The first-order valence-corrected chi connectivity index (χ1v) is 5.69. The van der Waals surface area contributed by atoms with Gasteiger partial charge in [0.05, 0.1) is 25.4 Å². The molecule has 14 heavy (non-hydrogen) atoms. The van der Waals surface area contributed by atoms with E-state index in [9.17, 15) is 0 Å². The Morgan fingerprint density at radius 2 is 2.14 bits per heavy atom. The fraction of sp³-hybridized carbons (Fsp3) is 1.00. The average molecular weight is 201 g/mol. The number of hydrogen-bond acceptors (Lipinski definition) is 3. The van der Waals surface area contributed by atoms with Crippen molar-refractivity contribution in [1.29, 1.82) is 0 Å². The lowest BCUT2D eigenvalue weighted by Crippen LogP contribution is -2.55. The predicted molar refractivity (Wildman–Crippen MR) is 57.6 cm³/mol. The van der Waals surface area contributed by atoms with Crippen LogP contribution in [0.2, 0.25) is 0 Å². The van der Waals surface area contributed by atoms with Gasteiger partial charge in [0.25, 0.3) is 0 Å². The van der Waals surface area contributed by atoms with Crippen molar-refractivity contribution in [2.24, 2.45) is 0 Å². The summed E-state index contributed by atoms with van der Waals surface area (Å²) in [6.07, 6.45) is 2.54. The molecule has 2 rings (SSSR count). The first-order chi connectivity index (χ1) is 6.87. The van der Waals surface area contributed by atoms with Gasteiger partial charge in [-0.2, -0.15) is 0 Å². The van der Waals surface area contributed by atoms with Gasteiger partial charge in [-0.05, 0) is 19.4 Å². The highest BCUT2D eigenvalue weighted by atomic mass is 16.5. The van der Waals surface area contributed by atoms with Gasteiger partial charge in [-0.25, -0.2) is 0 Å². The van der Waals surface area contributed by atoms with E-state index in [0.717, 1.165) is 26.4 Å². The van der Waals surface area contributed by atoms with Gasteiger partial charge in [0.1, 0.15) is 0 Å². The molecule has 0 radical (unpaired) electrons. The Balaban J connectivity index is 0.000000461. The molecule has 0 aliphatic carbocycles. The van der Waals surface area contributed by atoms with Gasteiger partial charge in [0, 0.05) is 13.7 Å². The Hall–Kier alpha value is -0.120. The van der Waals surface area contributed by atoms with E-state index in [-0.39, 0.29) is 5.54 Å². The van der Waals surface area contributed by atoms with Gasteiger partial charge in [0.2, 0.25) is 0 Å². The Labute approximate surface area is 87.4 Å². The molecule has 2 aliphatic heterocycles. The number of rotatable bonds is 2. The summed E-state index contributed by atoms with van der Waals surface area (Å²) < 4.78 is 10.8. The van der Waals surface area contributed by atoms with Crippen molar-refractivity contribution in [1.82, 2.24) is 4.90 Å². The second kappa shape index (κ2) is 5.69. The third kappa shape index (κ3) is 2.27. The highest BCUT2D eigenvalue weighted by molar-refractivity contribution is 4.97. The molecule has 0 N–H and O–H groups in total. The van der Waals surface area contributed by atoms with Crippen molar-refractivity contribution in [3.63, 3.8) is 0 Å². The highest BCUT2D eigenvalue weighted by Crippen LogP contribution is 2.31. The highest BCUT2D eigenvalue weighted by Gasteiger charge is 2.43. The van der Waals surface area contributed by atoms with Crippen LogP contribution in [0, 0.1) is 0 Å². The minimum absolute atomic E-state index is 0.229. The summed E-state index contributed by atoms with van der Waals surface area (Å²) >= 11 is 0. The number of nitrogens with zero attached hydrogens (tertiary/aromatic N) is 1. The normalized spacial score (nSPS) is 31.9. The molecule has 0 saturated carbocycles. The molecule has 84 valence electrons. The molecule has 0 aromatic carbocycles. The molecule has 0 amide bonds. The summed E-state index contributed by atoms with van der Waals surface area (Å²) in [6, 6.07) is 0. The van der Waals surface area contributed by atoms with Crippen molar-refractivity contribution in [3.05, 3.63) is 0 Å². The van der Waals surface area contributed by atoms with Gasteiger partial charge in [0.15, 0.2) is 0 Å². The average Bonchev–Trinajstić information content (AvgIpc) is 2.65. The van der Waals surface area contributed by atoms with E-state index in [0.29, 0.717) is 0 Å². The van der Waals surface area contributed by atoms with Gasteiger partial charge < -0.3 is 9.47 Å². The zero-order valence-electron chi connectivity index (χ0n) is 9.71. The van der Waals surface area contributed by atoms with E-state index in [2.05, 4.69) is 4.90 Å². The van der Waals surface area contributed by atoms with Crippen LogP contribution in [0.5, 0.6) is 0 Å². The van der Waals surface area contributed by atoms with Gasteiger partial charge in [-0.15, -0.1) is 0 Å². The van der Waals surface area contributed by atoms with E-state index in [1.54, 1.807) is 7.11 Å². The van der Waals surface area contributed by atoms with E-state index < -0.39 is 0 Å². The second-order valence-corrected chi connectivity index (χ2v) is 3.80. The number of ether oxygens (including phenoxy) is 2. The van der Waals surface area contributed by atoms with Crippen LogP contribution in [0.1, 0.15) is 26.7 Å². The molecule has 0 spiro atoms. The number of morpholine rings is 1. The fourth-order valence-corrected chi connectivity index (χ4v) is 2.42. The lowest BCUT2D eigenvalue weighted by atomic mass is 9.97. The van der Waals surface area contributed by atoms with Crippen molar-refractivity contribution in [2.75, 3.05) is 40.0 Å². The van der Waals surface area contributed by atoms with Crippen LogP contribution < -0.4 is 0 Å². The van der Waals surface area contributed by atoms with Crippen LogP contribution in [0.3, 0.4) is 0 Å². The minimum atomic E-state index is 0.229. The molecule has 2 saturated heterocycles. The van der Waals surface area contributed by atoms with Crippen LogP contribution in [0.25, 0.3) is 0 Å². The summed E-state index contributed by atoms with van der Waals surface area (Å²) in [6.45, 7) is 8.90. The van der Waals surface area contributed by atoms with Crippen LogP contribution in [0.15, 0.2) is 0 Å². The molecule has 0 aromatic heterocycles. The first kappa shape index (κ1) is 12.0. The molecule has 3 heteroatoms. The molecule has 1 unspecified atom stereocenters. The maximum absolute atomic E-state index is 5.52. The Bertz CT molecular complexity index is 159. The van der Waals surface area contributed by atoms with Gasteiger partial charge in [-0.3, -0.25) is 4.90 Å². The lowest BCUT2D eigenvalue weighted by molar-refractivity contribution is -0.0775. The maximum atomic E-state index is 5.52. The summed E-state index contributed by atoms with van der Waals surface area (Å²) in [7, 11) is 1.78. The Kier molecular flexibility index (Phi) is 4.85. The van der Waals surface area contributed by atoms with E-state index >= 15 is 0 Å². The number of fused-ring (bicyclic) bond motifs is 1. The molecule has 1 atom stereocenters. The van der Waals surface area contributed by atoms with Crippen LogP contribution in [-0.4, -0.2) is 50.5 Å². The summed E-state index contributed by atoms with van der Waals surface area (Å²) in [5.74, 6) is 0. The van der Waals surface area contributed by atoms with Gasteiger partial charge in [-0.1, -0.05) is 13.8 Å². The Morgan fingerprint density at radius 1 is 1.36 bits per heavy atom. The molecule has 0 aromatic rings. The maximum Gasteiger partial charge on any atom is 0.0679 e. The largest absolute Gasteiger partial charge is 0.383 e. The number of methoxy groups -OCH3 is 1. The quantitative estimate of drug-likeness (QED) is 0.676. The van der Waals surface area contributed by atoms with Crippen molar-refractivity contribution < 1.29 is 9.47 Å². The monoisotopic (exact) mass is 201 g/mol. The summed E-state index contributed by atoms with van der Waals surface area (Å²) in [4.78, 5) is 2.53. The minimum Gasteiger partial charge on any atom is -0.383 e. The van der Waals surface area contributed by atoms with Crippen molar-refractivity contribution in [3.8, 4) is 0 Å². The van der Waals surface area contributed by atoms with Crippen molar-refractivity contribution >= 4 is 0 Å². The molecule has 2 heterocycles. The van der Waals surface area contributed by atoms with E-state index in [1.165, 1.54) is 19.4 Å². The molecular formula is C11H23NO2. The van der Waals surface area contributed by atoms with Crippen molar-refractivity contribution in [2.45, 2.75) is 32.2 Å². The third-order valence-electron chi connectivity index (χ3n) is 3.03. The molecule has 2 aliphatic rings. The Morgan fingerprint density at radius 3 is 2.86 bits per heavy atom. The van der Waals surface area contributed by atoms with E-state index in [4.69, 9.17) is 9.47 Å². The lowest BCUT2D eigenvalue weighted by Gasteiger charge is -2.41.